The normalized spacial score (nSPS) is 10.5. The van der Waals surface area contributed by atoms with Gasteiger partial charge in [-0.25, -0.2) is 0 Å². The molecule has 0 unspecified atom stereocenters. The van der Waals surface area contributed by atoms with Gasteiger partial charge in [-0.05, 0) is 37.1 Å². The van der Waals surface area contributed by atoms with Gasteiger partial charge in [0.2, 0.25) is 0 Å². The van der Waals surface area contributed by atoms with E-state index >= 15 is 0 Å². The fourth-order valence-electron chi connectivity index (χ4n) is 2.72. The van der Waals surface area contributed by atoms with Crippen LogP contribution < -0.4 is 15.4 Å². The molecular formula is C21H28N2O2. The number of hydrogen-bond acceptors (Lipinski definition) is 3. The molecule has 2 N–H and O–H groups in total. The van der Waals surface area contributed by atoms with Crippen LogP contribution in [0.25, 0.3) is 0 Å². The van der Waals surface area contributed by atoms with E-state index in [1.165, 1.54) is 0 Å². The fraction of sp³-hybridized carbons (Fsp3) is 0.381. The molecule has 0 atom stereocenters. The number of carbonyl (C=O) groups is 1. The van der Waals surface area contributed by atoms with E-state index in [9.17, 15) is 4.79 Å². The number of rotatable bonds is 10. The van der Waals surface area contributed by atoms with Gasteiger partial charge >= 0.3 is 0 Å². The molecular weight excluding hydrogens is 312 g/mol. The SMILES string of the molecule is CCCCN(CCCC)c1cc(Oc2ccccc2)ccc1C(N)=O. The molecule has 0 fully saturated rings. The third kappa shape index (κ3) is 5.52. The molecule has 2 aromatic carbocycles. The molecule has 4 heteroatoms. The highest BCUT2D eigenvalue weighted by Gasteiger charge is 2.16. The Labute approximate surface area is 150 Å². The first-order valence-corrected chi connectivity index (χ1v) is 9.07. The second-order valence-corrected chi connectivity index (χ2v) is 6.15. The van der Waals surface area contributed by atoms with Crippen LogP contribution in [0, 0.1) is 0 Å². The lowest BCUT2D eigenvalue weighted by molar-refractivity contribution is 0.100. The number of amides is 1. The molecule has 2 aromatic rings. The lowest BCUT2D eigenvalue weighted by atomic mass is 10.1. The van der Waals surface area contributed by atoms with Crippen molar-refractivity contribution in [2.45, 2.75) is 39.5 Å². The summed E-state index contributed by atoms with van der Waals surface area (Å²) in [6, 6.07) is 15.1. The van der Waals surface area contributed by atoms with E-state index in [-0.39, 0.29) is 0 Å². The number of nitrogens with two attached hydrogens (primary N) is 1. The average molecular weight is 340 g/mol. The first kappa shape index (κ1) is 18.8. The summed E-state index contributed by atoms with van der Waals surface area (Å²) in [5, 5.41) is 0. The summed E-state index contributed by atoms with van der Waals surface area (Å²) >= 11 is 0. The summed E-state index contributed by atoms with van der Waals surface area (Å²) in [7, 11) is 0. The number of ether oxygens (including phenoxy) is 1. The molecule has 0 aliphatic rings. The summed E-state index contributed by atoms with van der Waals surface area (Å²) < 4.78 is 5.93. The van der Waals surface area contributed by atoms with Gasteiger partial charge in [-0.1, -0.05) is 44.9 Å². The summed E-state index contributed by atoms with van der Waals surface area (Å²) in [5.74, 6) is 1.08. The van der Waals surface area contributed by atoms with E-state index in [1.54, 1.807) is 12.1 Å². The van der Waals surface area contributed by atoms with Gasteiger partial charge in [0.05, 0.1) is 11.3 Å². The predicted molar refractivity (Wildman–Crippen MR) is 104 cm³/mol. The molecule has 2 rings (SSSR count). The fourth-order valence-corrected chi connectivity index (χ4v) is 2.72. The zero-order valence-electron chi connectivity index (χ0n) is 15.2. The van der Waals surface area contributed by atoms with E-state index in [2.05, 4.69) is 18.7 Å². The zero-order valence-corrected chi connectivity index (χ0v) is 15.2. The van der Waals surface area contributed by atoms with Crippen LogP contribution in [0.5, 0.6) is 11.5 Å². The zero-order chi connectivity index (χ0) is 18.1. The standard InChI is InChI=1S/C21H28N2O2/c1-3-5-14-23(15-6-4-2)20-16-18(12-13-19(20)21(22)24)25-17-10-8-7-9-11-17/h7-13,16H,3-6,14-15H2,1-2H3,(H2,22,24). The van der Waals surface area contributed by atoms with Crippen LogP contribution in [0.2, 0.25) is 0 Å². The maximum absolute atomic E-state index is 11.9. The molecule has 0 radical (unpaired) electrons. The van der Waals surface area contributed by atoms with Gasteiger partial charge in [-0.15, -0.1) is 0 Å². The summed E-state index contributed by atoms with van der Waals surface area (Å²) in [6.45, 7) is 6.15. The highest BCUT2D eigenvalue weighted by atomic mass is 16.5. The number of para-hydroxylation sites is 1. The maximum atomic E-state index is 11.9. The molecule has 25 heavy (non-hydrogen) atoms. The van der Waals surface area contributed by atoms with Crippen LogP contribution in [0.15, 0.2) is 48.5 Å². The first-order chi connectivity index (χ1) is 12.2. The van der Waals surface area contributed by atoms with Crippen molar-refractivity contribution in [3.05, 3.63) is 54.1 Å². The predicted octanol–water partition coefficient (Wildman–Crippen LogP) is 4.98. The van der Waals surface area contributed by atoms with Crippen molar-refractivity contribution in [2.75, 3.05) is 18.0 Å². The molecule has 0 aromatic heterocycles. The molecule has 0 bridgehead atoms. The van der Waals surface area contributed by atoms with E-state index in [0.29, 0.717) is 11.3 Å². The minimum absolute atomic E-state index is 0.403. The first-order valence-electron chi connectivity index (χ1n) is 9.07. The third-order valence-electron chi connectivity index (χ3n) is 4.12. The lowest BCUT2D eigenvalue weighted by Gasteiger charge is -2.27. The van der Waals surface area contributed by atoms with E-state index in [1.807, 2.05) is 36.4 Å². The Hall–Kier alpha value is -2.49. The lowest BCUT2D eigenvalue weighted by Crippen LogP contribution is -2.28. The van der Waals surface area contributed by atoms with E-state index < -0.39 is 5.91 Å². The molecule has 134 valence electrons. The van der Waals surface area contributed by atoms with Crippen LogP contribution in [0.3, 0.4) is 0 Å². The number of carbonyl (C=O) groups excluding carboxylic acids is 1. The van der Waals surface area contributed by atoms with Gasteiger partial charge in [-0.2, -0.15) is 0 Å². The van der Waals surface area contributed by atoms with Crippen molar-refractivity contribution in [1.29, 1.82) is 0 Å². The van der Waals surface area contributed by atoms with E-state index in [0.717, 1.165) is 50.2 Å². The molecule has 0 heterocycles. The Bertz CT molecular complexity index is 663. The number of hydrogen-bond donors (Lipinski definition) is 1. The summed E-state index contributed by atoms with van der Waals surface area (Å²) in [5.41, 5.74) is 7.02. The Morgan fingerprint density at radius 1 is 0.960 bits per heavy atom. The summed E-state index contributed by atoms with van der Waals surface area (Å²) in [4.78, 5) is 14.2. The van der Waals surface area contributed by atoms with Gasteiger partial charge in [-0.3, -0.25) is 4.79 Å². The highest BCUT2D eigenvalue weighted by molar-refractivity contribution is 5.99. The Morgan fingerprint density at radius 3 is 2.16 bits per heavy atom. The molecule has 0 saturated heterocycles. The van der Waals surface area contributed by atoms with Gasteiger partial charge < -0.3 is 15.4 Å². The Morgan fingerprint density at radius 2 is 1.60 bits per heavy atom. The molecule has 0 aliphatic carbocycles. The quantitative estimate of drug-likeness (QED) is 0.663. The molecule has 1 amide bonds. The third-order valence-corrected chi connectivity index (χ3v) is 4.12. The second-order valence-electron chi connectivity index (χ2n) is 6.15. The Kier molecular flexibility index (Phi) is 7.33. The molecule has 4 nitrogen and oxygen atoms in total. The van der Waals surface area contributed by atoms with Crippen molar-refractivity contribution in [1.82, 2.24) is 0 Å². The van der Waals surface area contributed by atoms with Crippen LogP contribution >= 0.6 is 0 Å². The van der Waals surface area contributed by atoms with Crippen molar-refractivity contribution in [3.63, 3.8) is 0 Å². The van der Waals surface area contributed by atoms with Crippen molar-refractivity contribution in [2.24, 2.45) is 5.73 Å². The number of unbranched alkanes of at least 4 members (excludes halogenated alkanes) is 2. The second kappa shape index (κ2) is 9.72. The molecule has 0 spiro atoms. The van der Waals surface area contributed by atoms with Crippen molar-refractivity contribution in [3.8, 4) is 11.5 Å². The largest absolute Gasteiger partial charge is 0.457 e. The van der Waals surface area contributed by atoms with Crippen LogP contribution in [-0.4, -0.2) is 19.0 Å². The van der Waals surface area contributed by atoms with Crippen LogP contribution in [-0.2, 0) is 0 Å². The van der Waals surface area contributed by atoms with Gasteiger partial charge in [0, 0.05) is 19.2 Å². The molecule has 0 aliphatic heterocycles. The van der Waals surface area contributed by atoms with Gasteiger partial charge in [0.1, 0.15) is 11.5 Å². The number of nitrogens with zero attached hydrogens (tertiary/aromatic N) is 1. The van der Waals surface area contributed by atoms with E-state index in [4.69, 9.17) is 10.5 Å². The van der Waals surface area contributed by atoms with Crippen molar-refractivity contribution < 1.29 is 9.53 Å². The van der Waals surface area contributed by atoms with Gasteiger partial charge in [0.15, 0.2) is 0 Å². The monoisotopic (exact) mass is 340 g/mol. The smallest absolute Gasteiger partial charge is 0.250 e. The van der Waals surface area contributed by atoms with Gasteiger partial charge in [0.25, 0.3) is 5.91 Å². The average Bonchev–Trinajstić information content (AvgIpc) is 2.62. The number of primary amides is 1. The minimum atomic E-state index is -0.403. The summed E-state index contributed by atoms with van der Waals surface area (Å²) in [6.07, 6.45) is 4.36. The van der Waals surface area contributed by atoms with Crippen LogP contribution in [0.4, 0.5) is 5.69 Å². The maximum Gasteiger partial charge on any atom is 0.250 e. The minimum Gasteiger partial charge on any atom is -0.457 e. The van der Waals surface area contributed by atoms with Crippen molar-refractivity contribution >= 4 is 11.6 Å². The molecule has 0 saturated carbocycles. The number of anilines is 1. The highest BCUT2D eigenvalue weighted by Crippen LogP contribution is 2.30. The topological polar surface area (TPSA) is 55.6 Å². The number of benzene rings is 2. The van der Waals surface area contributed by atoms with Crippen LogP contribution in [0.1, 0.15) is 49.9 Å². The Balaban J connectivity index is 2.33.